The first-order valence-electron chi connectivity index (χ1n) is 8.89. The van der Waals surface area contributed by atoms with Crippen molar-refractivity contribution in [3.8, 4) is 0 Å². The van der Waals surface area contributed by atoms with Crippen molar-refractivity contribution in [3.05, 3.63) is 0 Å². The molecule has 2 heterocycles. The zero-order valence-electron chi connectivity index (χ0n) is 13.9. The molecular formula is C17H27N3O3. The van der Waals surface area contributed by atoms with Crippen molar-refractivity contribution in [2.24, 2.45) is 11.8 Å². The minimum Gasteiger partial charge on any atom is -0.353 e. The SMILES string of the molecule is CC(=O)N1CCC(C(=O)NC2CCN(C(=O)C3CC3)CC2)CC1. The Morgan fingerprint density at radius 2 is 1.35 bits per heavy atom. The summed E-state index contributed by atoms with van der Waals surface area (Å²) in [4.78, 5) is 39.5. The largest absolute Gasteiger partial charge is 0.353 e. The van der Waals surface area contributed by atoms with Gasteiger partial charge in [-0.15, -0.1) is 0 Å². The van der Waals surface area contributed by atoms with Gasteiger partial charge in [0.15, 0.2) is 0 Å². The summed E-state index contributed by atoms with van der Waals surface area (Å²) in [6, 6.07) is 0.191. The first-order valence-corrected chi connectivity index (χ1v) is 8.89. The Labute approximate surface area is 137 Å². The molecule has 23 heavy (non-hydrogen) atoms. The molecule has 1 saturated carbocycles. The standard InChI is InChI=1S/C17H27N3O3/c1-12(21)19-8-4-13(5-9-19)16(22)18-15-6-10-20(11-7-15)17(23)14-2-3-14/h13-15H,2-11H2,1H3,(H,18,22). The Morgan fingerprint density at radius 1 is 0.783 bits per heavy atom. The third kappa shape index (κ3) is 4.03. The van der Waals surface area contributed by atoms with Crippen molar-refractivity contribution in [2.45, 2.75) is 51.5 Å². The molecule has 1 aliphatic carbocycles. The van der Waals surface area contributed by atoms with E-state index in [1.165, 1.54) is 0 Å². The summed E-state index contributed by atoms with van der Waals surface area (Å²) in [5, 5.41) is 3.16. The van der Waals surface area contributed by atoms with Crippen LogP contribution >= 0.6 is 0 Å². The number of hydrogen-bond donors (Lipinski definition) is 1. The van der Waals surface area contributed by atoms with E-state index >= 15 is 0 Å². The summed E-state index contributed by atoms with van der Waals surface area (Å²) in [6.07, 6.45) is 5.32. The summed E-state index contributed by atoms with van der Waals surface area (Å²) in [6.45, 7) is 4.48. The molecule has 3 amide bonds. The summed E-state index contributed by atoms with van der Waals surface area (Å²) in [5.41, 5.74) is 0. The first kappa shape index (κ1) is 16.3. The smallest absolute Gasteiger partial charge is 0.225 e. The molecule has 0 unspecified atom stereocenters. The second-order valence-electron chi connectivity index (χ2n) is 7.16. The molecule has 0 radical (unpaired) electrons. The van der Waals surface area contributed by atoms with Crippen molar-refractivity contribution < 1.29 is 14.4 Å². The molecule has 6 nitrogen and oxygen atoms in total. The Morgan fingerprint density at radius 3 is 1.87 bits per heavy atom. The Hall–Kier alpha value is -1.59. The molecule has 0 aromatic rings. The lowest BCUT2D eigenvalue weighted by Gasteiger charge is -2.35. The van der Waals surface area contributed by atoms with E-state index in [0.29, 0.717) is 19.0 Å². The maximum Gasteiger partial charge on any atom is 0.225 e. The molecule has 6 heteroatoms. The summed E-state index contributed by atoms with van der Waals surface area (Å²) < 4.78 is 0. The molecule has 0 aromatic heterocycles. The quantitative estimate of drug-likeness (QED) is 0.834. The number of piperidine rings is 2. The maximum absolute atomic E-state index is 12.4. The third-order valence-corrected chi connectivity index (χ3v) is 5.39. The predicted octanol–water partition coefficient (Wildman–Crippen LogP) is 0.762. The molecule has 0 spiro atoms. The number of carbonyl (C=O) groups is 3. The van der Waals surface area contributed by atoms with Gasteiger partial charge in [0.05, 0.1) is 0 Å². The van der Waals surface area contributed by atoms with Crippen LogP contribution in [0.1, 0.15) is 45.4 Å². The van der Waals surface area contributed by atoms with Crippen LogP contribution in [-0.4, -0.2) is 59.7 Å². The van der Waals surface area contributed by atoms with E-state index in [4.69, 9.17) is 0 Å². The third-order valence-electron chi connectivity index (χ3n) is 5.39. The van der Waals surface area contributed by atoms with Crippen LogP contribution in [0.15, 0.2) is 0 Å². The van der Waals surface area contributed by atoms with Gasteiger partial charge in [-0.1, -0.05) is 0 Å². The van der Waals surface area contributed by atoms with Crippen LogP contribution in [0.2, 0.25) is 0 Å². The molecule has 0 atom stereocenters. The highest BCUT2D eigenvalue weighted by Gasteiger charge is 2.35. The van der Waals surface area contributed by atoms with Gasteiger partial charge >= 0.3 is 0 Å². The van der Waals surface area contributed by atoms with Gasteiger partial charge < -0.3 is 15.1 Å². The molecule has 2 aliphatic heterocycles. The van der Waals surface area contributed by atoms with Crippen LogP contribution in [-0.2, 0) is 14.4 Å². The van der Waals surface area contributed by atoms with Gasteiger partial charge in [-0.25, -0.2) is 0 Å². The van der Waals surface area contributed by atoms with Crippen LogP contribution in [0, 0.1) is 11.8 Å². The normalized spacial score (nSPS) is 23.7. The molecule has 3 aliphatic rings. The monoisotopic (exact) mass is 321 g/mol. The molecule has 0 bridgehead atoms. The van der Waals surface area contributed by atoms with Crippen molar-refractivity contribution in [1.29, 1.82) is 0 Å². The van der Waals surface area contributed by atoms with E-state index in [-0.39, 0.29) is 29.7 Å². The predicted molar refractivity (Wildman–Crippen MR) is 85.4 cm³/mol. The molecule has 0 aromatic carbocycles. The molecule has 3 fully saturated rings. The molecule has 128 valence electrons. The molecular weight excluding hydrogens is 294 g/mol. The highest BCUT2D eigenvalue weighted by atomic mass is 16.2. The average Bonchev–Trinajstić information content (AvgIpc) is 3.40. The highest BCUT2D eigenvalue weighted by molar-refractivity contribution is 5.81. The van der Waals surface area contributed by atoms with Crippen LogP contribution in [0.4, 0.5) is 0 Å². The van der Waals surface area contributed by atoms with Crippen molar-refractivity contribution in [3.63, 3.8) is 0 Å². The fraction of sp³-hybridized carbons (Fsp3) is 0.824. The lowest BCUT2D eigenvalue weighted by Crippen LogP contribution is -2.49. The molecule has 3 rings (SSSR count). The number of hydrogen-bond acceptors (Lipinski definition) is 3. The fourth-order valence-corrected chi connectivity index (χ4v) is 3.61. The van der Waals surface area contributed by atoms with Gasteiger partial charge in [0.1, 0.15) is 0 Å². The van der Waals surface area contributed by atoms with E-state index in [9.17, 15) is 14.4 Å². The van der Waals surface area contributed by atoms with Gasteiger partial charge in [-0.3, -0.25) is 14.4 Å². The van der Waals surface area contributed by atoms with Crippen molar-refractivity contribution in [2.75, 3.05) is 26.2 Å². The number of amides is 3. The number of carbonyl (C=O) groups excluding carboxylic acids is 3. The zero-order chi connectivity index (χ0) is 16.4. The highest BCUT2D eigenvalue weighted by Crippen LogP contribution is 2.32. The summed E-state index contributed by atoms with van der Waals surface area (Å²) in [7, 11) is 0. The van der Waals surface area contributed by atoms with E-state index in [1.807, 2.05) is 9.80 Å². The lowest BCUT2D eigenvalue weighted by molar-refractivity contribution is -0.135. The minimum atomic E-state index is 0.0247. The first-order chi connectivity index (χ1) is 11.0. The van der Waals surface area contributed by atoms with Crippen LogP contribution < -0.4 is 5.32 Å². The van der Waals surface area contributed by atoms with Gasteiger partial charge in [0.25, 0.3) is 0 Å². The number of rotatable bonds is 3. The second-order valence-corrected chi connectivity index (χ2v) is 7.16. The number of likely N-dealkylation sites (tertiary alicyclic amines) is 2. The van der Waals surface area contributed by atoms with Crippen molar-refractivity contribution in [1.82, 2.24) is 15.1 Å². The Kier molecular flexibility index (Phi) is 4.87. The zero-order valence-corrected chi connectivity index (χ0v) is 13.9. The fourth-order valence-electron chi connectivity index (χ4n) is 3.61. The van der Waals surface area contributed by atoms with E-state index in [1.54, 1.807) is 6.92 Å². The lowest BCUT2D eigenvalue weighted by atomic mass is 9.94. The Bertz CT molecular complexity index is 473. The van der Waals surface area contributed by atoms with Crippen molar-refractivity contribution >= 4 is 17.7 Å². The minimum absolute atomic E-state index is 0.0247. The van der Waals surface area contributed by atoms with Gasteiger partial charge in [0.2, 0.25) is 17.7 Å². The Balaban J connectivity index is 1.39. The van der Waals surface area contributed by atoms with Crippen LogP contribution in [0.5, 0.6) is 0 Å². The second kappa shape index (κ2) is 6.89. The maximum atomic E-state index is 12.4. The number of nitrogens with one attached hydrogen (secondary N) is 1. The summed E-state index contributed by atoms with van der Waals surface area (Å²) in [5.74, 6) is 0.840. The van der Waals surface area contributed by atoms with E-state index in [2.05, 4.69) is 5.32 Å². The van der Waals surface area contributed by atoms with E-state index < -0.39 is 0 Å². The average molecular weight is 321 g/mol. The van der Waals surface area contributed by atoms with Gasteiger partial charge in [0, 0.05) is 51.0 Å². The molecule has 2 saturated heterocycles. The number of nitrogens with zero attached hydrogens (tertiary/aromatic N) is 2. The summed E-state index contributed by atoms with van der Waals surface area (Å²) >= 11 is 0. The van der Waals surface area contributed by atoms with Crippen LogP contribution in [0.25, 0.3) is 0 Å². The van der Waals surface area contributed by atoms with E-state index in [0.717, 1.165) is 51.6 Å². The topological polar surface area (TPSA) is 69.7 Å². The molecule has 1 N–H and O–H groups in total. The van der Waals surface area contributed by atoms with Gasteiger partial charge in [-0.2, -0.15) is 0 Å². The van der Waals surface area contributed by atoms with Crippen LogP contribution in [0.3, 0.4) is 0 Å². The van der Waals surface area contributed by atoms with Gasteiger partial charge in [-0.05, 0) is 38.5 Å².